The number of ether oxygens (including phenoxy) is 2. The van der Waals surface area contributed by atoms with Crippen molar-refractivity contribution in [3.8, 4) is 17.4 Å². The predicted octanol–water partition coefficient (Wildman–Crippen LogP) is 6.91. The summed E-state index contributed by atoms with van der Waals surface area (Å²) in [6, 6.07) is 5.23. The zero-order valence-corrected chi connectivity index (χ0v) is 19.9. The molecular formula is C25H28F6N2O3. The van der Waals surface area contributed by atoms with Crippen LogP contribution in [0.3, 0.4) is 0 Å². The second-order valence-electron chi connectivity index (χ2n) is 9.65. The summed E-state index contributed by atoms with van der Waals surface area (Å²) in [4.78, 5) is 9.68. The van der Waals surface area contributed by atoms with Crippen LogP contribution in [0.25, 0.3) is 0 Å². The summed E-state index contributed by atoms with van der Waals surface area (Å²) in [7, 11) is 0. The van der Waals surface area contributed by atoms with E-state index in [4.69, 9.17) is 14.3 Å². The van der Waals surface area contributed by atoms with Gasteiger partial charge in [-0.2, -0.15) is 26.3 Å². The summed E-state index contributed by atoms with van der Waals surface area (Å²) in [5.74, 6) is 0.499. The minimum atomic E-state index is -4.50. The third kappa shape index (κ3) is 6.35. The highest BCUT2D eigenvalue weighted by Gasteiger charge is 2.42. The van der Waals surface area contributed by atoms with Crippen LogP contribution in [-0.4, -0.2) is 34.8 Å². The topological polar surface area (TPSA) is 43.8 Å². The molecule has 1 aromatic carbocycles. The number of halogens is 6. The lowest BCUT2D eigenvalue weighted by Crippen LogP contribution is -2.55. The molecule has 2 aromatic rings. The fourth-order valence-electron chi connectivity index (χ4n) is 4.57. The Balaban J connectivity index is 1.46. The number of hydrogen-bond donors (Lipinski definition) is 0. The van der Waals surface area contributed by atoms with Gasteiger partial charge in [-0.1, -0.05) is 20.3 Å². The van der Waals surface area contributed by atoms with Crippen LogP contribution in [0.15, 0.2) is 36.5 Å². The van der Waals surface area contributed by atoms with Crippen molar-refractivity contribution in [1.82, 2.24) is 10.0 Å². The molecule has 2 fully saturated rings. The van der Waals surface area contributed by atoms with Crippen molar-refractivity contribution in [2.75, 3.05) is 6.61 Å². The second-order valence-corrected chi connectivity index (χ2v) is 9.65. The van der Waals surface area contributed by atoms with Gasteiger partial charge in [-0.25, -0.2) is 4.98 Å². The smallest absolute Gasteiger partial charge is 0.417 e. The van der Waals surface area contributed by atoms with Crippen molar-refractivity contribution >= 4 is 0 Å². The van der Waals surface area contributed by atoms with E-state index in [2.05, 4.69) is 4.98 Å². The van der Waals surface area contributed by atoms with Crippen LogP contribution in [0.2, 0.25) is 0 Å². The number of hydroxylamine groups is 2. The number of fused-ring (bicyclic) bond motifs is 2. The van der Waals surface area contributed by atoms with Gasteiger partial charge in [0.05, 0.1) is 17.7 Å². The van der Waals surface area contributed by atoms with Crippen LogP contribution in [0.5, 0.6) is 17.4 Å². The van der Waals surface area contributed by atoms with Gasteiger partial charge in [0.25, 0.3) is 0 Å². The summed E-state index contributed by atoms with van der Waals surface area (Å²) in [5, 5.41) is 1.78. The maximum Gasteiger partial charge on any atom is 0.417 e. The third-order valence-electron chi connectivity index (χ3n) is 6.26. The van der Waals surface area contributed by atoms with E-state index >= 15 is 0 Å². The Kier molecular flexibility index (Phi) is 7.59. The number of aromatic nitrogens is 1. The van der Waals surface area contributed by atoms with Crippen molar-refractivity contribution in [2.45, 2.75) is 76.5 Å². The largest absolute Gasteiger partial charge is 0.489 e. The van der Waals surface area contributed by atoms with Gasteiger partial charge < -0.3 is 14.3 Å². The van der Waals surface area contributed by atoms with Gasteiger partial charge >= 0.3 is 12.4 Å². The molecule has 3 heterocycles. The number of hydrogen-bond acceptors (Lipinski definition) is 5. The highest BCUT2D eigenvalue weighted by Crippen LogP contribution is 2.40. The summed E-state index contributed by atoms with van der Waals surface area (Å²) >= 11 is 0. The summed E-state index contributed by atoms with van der Waals surface area (Å²) in [6.45, 7) is 4.04. The zero-order valence-electron chi connectivity index (χ0n) is 19.9. The number of piperidine rings is 2. The van der Waals surface area contributed by atoms with Crippen LogP contribution in [0.1, 0.15) is 57.1 Å². The average Bonchev–Trinajstić information content (AvgIpc) is 2.78. The van der Waals surface area contributed by atoms with Crippen molar-refractivity contribution in [3.63, 3.8) is 0 Å². The summed E-state index contributed by atoms with van der Waals surface area (Å²) in [6.07, 6.45) is -4.88. The van der Waals surface area contributed by atoms with Crippen molar-refractivity contribution < 1.29 is 40.7 Å². The monoisotopic (exact) mass is 518 g/mol. The van der Waals surface area contributed by atoms with E-state index in [0.29, 0.717) is 12.8 Å². The van der Waals surface area contributed by atoms with Gasteiger partial charge in [0, 0.05) is 37.2 Å². The highest BCUT2D eigenvalue weighted by molar-refractivity contribution is 5.44. The predicted molar refractivity (Wildman–Crippen MR) is 119 cm³/mol. The molecule has 0 unspecified atom stereocenters. The molecule has 4 rings (SSSR count). The van der Waals surface area contributed by atoms with Gasteiger partial charge in [0.1, 0.15) is 6.10 Å². The Labute approximate surface area is 205 Å². The van der Waals surface area contributed by atoms with E-state index in [9.17, 15) is 26.3 Å². The van der Waals surface area contributed by atoms with Crippen molar-refractivity contribution in [2.24, 2.45) is 5.92 Å². The molecule has 198 valence electrons. The molecule has 0 saturated carbocycles. The summed E-state index contributed by atoms with van der Waals surface area (Å²) in [5.41, 5.74) is -1.66. The number of alkyl halides is 6. The normalized spacial score (nSPS) is 23.0. The van der Waals surface area contributed by atoms with E-state index < -0.39 is 23.5 Å². The standard InChI is InChI=1S/C25H28F6N2O3/c1-15(2)14-34-22-10-16(24(26,27)28)6-8-21(22)35-20-11-18-4-3-5-19(12-20)33(18)36-23-9-7-17(13-32-23)25(29,30)31/h6-10,13,15,18-20H,3-5,11-12,14H2,1-2H3/t18-,19+,20+. The van der Waals surface area contributed by atoms with E-state index in [0.717, 1.165) is 43.7 Å². The Morgan fingerprint density at radius 3 is 2.11 bits per heavy atom. The lowest BCUT2D eigenvalue weighted by atomic mass is 9.84. The fourth-order valence-corrected chi connectivity index (χ4v) is 4.57. The van der Waals surface area contributed by atoms with Gasteiger partial charge in [0.15, 0.2) is 11.5 Å². The minimum Gasteiger partial charge on any atom is -0.489 e. The SMILES string of the molecule is CC(C)COc1cc(C(F)(F)F)ccc1O[C@H]1C[C@H]2CCC[C@@H](C1)N2Oc1ccc(C(F)(F)F)cn1. The molecule has 3 atom stereocenters. The van der Waals surface area contributed by atoms with E-state index in [1.54, 1.807) is 5.06 Å². The molecule has 2 aliphatic heterocycles. The molecule has 36 heavy (non-hydrogen) atoms. The maximum absolute atomic E-state index is 13.2. The molecule has 2 bridgehead atoms. The Bertz CT molecular complexity index is 1010. The Morgan fingerprint density at radius 2 is 1.56 bits per heavy atom. The lowest BCUT2D eigenvalue weighted by molar-refractivity contribution is -0.185. The van der Waals surface area contributed by atoms with Crippen LogP contribution in [-0.2, 0) is 12.4 Å². The van der Waals surface area contributed by atoms with Gasteiger partial charge in [-0.3, -0.25) is 0 Å². The third-order valence-corrected chi connectivity index (χ3v) is 6.26. The maximum atomic E-state index is 13.2. The number of pyridine rings is 1. The highest BCUT2D eigenvalue weighted by atomic mass is 19.4. The molecule has 5 nitrogen and oxygen atoms in total. The fraction of sp³-hybridized carbons (Fsp3) is 0.560. The van der Waals surface area contributed by atoms with Crippen LogP contribution in [0, 0.1) is 5.92 Å². The molecule has 0 spiro atoms. The molecular weight excluding hydrogens is 490 g/mol. The average molecular weight is 518 g/mol. The second kappa shape index (κ2) is 10.4. The van der Waals surface area contributed by atoms with Gasteiger partial charge in [-0.05, 0) is 43.0 Å². The Morgan fingerprint density at radius 1 is 0.917 bits per heavy atom. The van der Waals surface area contributed by atoms with E-state index in [1.165, 1.54) is 12.1 Å². The quantitative estimate of drug-likeness (QED) is 0.373. The first-order valence-electron chi connectivity index (χ1n) is 11.9. The number of nitrogens with zero attached hydrogens (tertiary/aromatic N) is 2. The first kappa shape index (κ1) is 26.4. The first-order valence-corrected chi connectivity index (χ1v) is 11.9. The molecule has 2 aliphatic rings. The zero-order chi connectivity index (χ0) is 26.1. The van der Waals surface area contributed by atoms with Crippen LogP contribution < -0.4 is 14.3 Å². The molecule has 0 aliphatic carbocycles. The molecule has 0 radical (unpaired) electrons. The minimum absolute atomic E-state index is 0.0521. The molecule has 1 aromatic heterocycles. The molecule has 2 saturated heterocycles. The van der Waals surface area contributed by atoms with Crippen LogP contribution in [0.4, 0.5) is 26.3 Å². The van der Waals surface area contributed by atoms with Crippen molar-refractivity contribution in [1.29, 1.82) is 0 Å². The van der Waals surface area contributed by atoms with Crippen LogP contribution >= 0.6 is 0 Å². The first-order chi connectivity index (χ1) is 16.9. The molecule has 0 amide bonds. The molecule has 11 heteroatoms. The van der Waals surface area contributed by atoms with E-state index in [-0.39, 0.29) is 48.1 Å². The number of rotatable bonds is 7. The van der Waals surface area contributed by atoms with E-state index in [1.807, 2.05) is 13.8 Å². The Hall–Kier alpha value is -2.69. The number of benzene rings is 1. The van der Waals surface area contributed by atoms with Gasteiger partial charge in [-0.15, -0.1) is 5.06 Å². The van der Waals surface area contributed by atoms with Gasteiger partial charge in [0.2, 0.25) is 5.88 Å². The summed E-state index contributed by atoms with van der Waals surface area (Å²) < 4.78 is 90.0. The lowest BCUT2D eigenvalue weighted by Gasteiger charge is -2.46. The van der Waals surface area contributed by atoms with Crippen molar-refractivity contribution in [3.05, 3.63) is 47.7 Å². The molecule has 0 N–H and O–H groups in total.